The number of likely N-dealkylation sites (tertiary alicyclic amines) is 1. The first kappa shape index (κ1) is 27.0. The molecule has 2 bridgehead atoms. The second-order valence-corrected chi connectivity index (χ2v) is 11.1. The van der Waals surface area contributed by atoms with Gasteiger partial charge in [-0.1, -0.05) is 29.5 Å². The van der Waals surface area contributed by atoms with Gasteiger partial charge in [-0.25, -0.2) is 0 Å². The quantitative estimate of drug-likeness (QED) is 0.400. The molecular formula is C31H37N7O3. The molecule has 6 rings (SSSR count). The molecule has 4 aromatic rings. The van der Waals surface area contributed by atoms with Crippen molar-refractivity contribution in [1.82, 2.24) is 35.0 Å². The van der Waals surface area contributed by atoms with Crippen molar-refractivity contribution in [3.63, 3.8) is 0 Å². The van der Waals surface area contributed by atoms with Crippen LogP contribution in [0, 0.1) is 5.41 Å². The van der Waals surface area contributed by atoms with Gasteiger partial charge < -0.3 is 14.8 Å². The van der Waals surface area contributed by atoms with E-state index in [9.17, 15) is 4.79 Å². The smallest absolute Gasteiger partial charge is 0.226 e. The summed E-state index contributed by atoms with van der Waals surface area (Å²) < 4.78 is 15.4. The van der Waals surface area contributed by atoms with Crippen LogP contribution < -0.4 is 14.8 Å². The number of carbonyl (C=O) groups is 1. The average molecular weight is 556 g/mol. The molecule has 4 heterocycles. The van der Waals surface area contributed by atoms with Crippen LogP contribution in [-0.4, -0.2) is 55.8 Å². The van der Waals surface area contributed by atoms with Crippen molar-refractivity contribution >= 4 is 5.91 Å². The monoisotopic (exact) mass is 555 g/mol. The normalized spacial score (nSPS) is 17.7. The predicted molar refractivity (Wildman–Crippen MR) is 153 cm³/mol. The molecule has 0 radical (unpaired) electrons. The van der Waals surface area contributed by atoms with Crippen LogP contribution in [0.15, 0.2) is 67.1 Å². The van der Waals surface area contributed by atoms with Crippen molar-refractivity contribution < 1.29 is 14.3 Å². The molecule has 0 unspecified atom stereocenters. The van der Waals surface area contributed by atoms with Crippen LogP contribution in [-0.2, 0) is 37.6 Å². The Morgan fingerprint density at radius 1 is 1.05 bits per heavy atom. The largest absolute Gasteiger partial charge is 0.496 e. The lowest BCUT2D eigenvalue weighted by atomic mass is 9.73. The molecule has 1 amide bonds. The van der Waals surface area contributed by atoms with Crippen molar-refractivity contribution in [2.45, 2.75) is 58.5 Å². The summed E-state index contributed by atoms with van der Waals surface area (Å²) in [7, 11) is 1.70. The Bertz CT molecular complexity index is 1460. The minimum absolute atomic E-state index is 0.134. The number of amides is 1. The number of fused-ring (bicyclic) bond motifs is 3. The van der Waals surface area contributed by atoms with Gasteiger partial charge in [-0.15, -0.1) is 5.10 Å². The predicted octanol–water partition coefficient (Wildman–Crippen LogP) is 3.80. The number of nitrogens with one attached hydrogen (secondary N) is 1. The molecule has 1 fully saturated rings. The van der Waals surface area contributed by atoms with E-state index in [1.807, 2.05) is 58.2 Å². The van der Waals surface area contributed by atoms with E-state index in [1.165, 1.54) is 5.56 Å². The minimum atomic E-state index is -0.412. The zero-order valence-corrected chi connectivity index (χ0v) is 23.5. The van der Waals surface area contributed by atoms with Gasteiger partial charge in [-0.2, -0.15) is 5.10 Å². The van der Waals surface area contributed by atoms with E-state index in [1.54, 1.807) is 13.3 Å². The highest BCUT2D eigenvalue weighted by Gasteiger charge is 2.40. The number of aromatic nitrogens is 5. The third-order valence-electron chi connectivity index (χ3n) is 8.35. The molecule has 10 nitrogen and oxygen atoms in total. The number of piperidine rings is 1. The molecule has 0 atom stereocenters. The topological polar surface area (TPSA) is 99.3 Å². The van der Waals surface area contributed by atoms with E-state index >= 15 is 0 Å². The van der Waals surface area contributed by atoms with E-state index in [0.29, 0.717) is 19.7 Å². The van der Waals surface area contributed by atoms with Gasteiger partial charge in [0.05, 0.1) is 25.3 Å². The standard InChI is InChI=1S/C31H37N7O3/c1-40-28-9-8-24(18-26(28)21-37-15-5-13-33-37)20-36-16-11-31(12-17-36)10-4-14-38-22-27(34-35-38)23-41-29-7-3-2-6-25(29)19-32-30(31)39/h2-3,5-9,13,15,18,22H,4,10-12,14,16-17,19-21,23H2,1H3,(H,32,39). The summed E-state index contributed by atoms with van der Waals surface area (Å²) in [5, 5.41) is 16.2. The van der Waals surface area contributed by atoms with Crippen molar-refractivity contribution in [3.05, 3.63) is 89.5 Å². The average Bonchev–Trinajstić information content (AvgIpc) is 3.68. The molecule has 1 saturated heterocycles. The van der Waals surface area contributed by atoms with E-state index in [-0.39, 0.29) is 5.91 Å². The van der Waals surface area contributed by atoms with E-state index in [0.717, 1.165) is 80.2 Å². The molecule has 10 heteroatoms. The van der Waals surface area contributed by atoms with Crippen LogP contribution >= 0.6 is 0 Å². The Kier molecular flexibility index (Phi) is 8.00. The number of hydrogen-bond acceptors (Lipinski definition) is 7. The van der Waals surface area contributed by atoms with Gasteiger partial charge in [0.25, 0.3) is 0 Å². The fourth-order valence-corrected chi connectivity index (χ4v) is 6.01. The Morgan fingerprint density at radius 2 is 1.93 bits per heavy atom. The lowest BCUT2D eigenvalue weighted by Crippen LogP contribution is -2.48. The second-order valence-electron chi connectivity index (χ2n) is 11.1. The van der Waals surface area contributed by atoms with Crippen molar-refractivity contribution in [1.29, 1.82) is 0 Å². The maximum atomic E-state index is 13.8. The number of nitrogens with zero attached hydrogens (tertiary/aromatic N) is 6. The van der Waals surface area contributed by atoms with Crippen molar-refractivity contribution in [2.24, 2.45) is 5.41 Å². The van der Waals surface area contributed by atoms with E-state index in [4.69, 9.17) is 9.47 Å². The molecule has 1 N–H and O–H groups in total. The molecular weight excluding hydrogens is 518 g/mol. The maximum Gasteiger partial charge on any atom is 0.226 e. The highest BCUT2D eigenvalue weighted by atomic mass is 16.5. The molecule has 2 aliphatic rings. The number of hydrogen-bond donors (Lipinski definition) is 1. The number of ether oxygens (including phenoxy) is 2. The maximum absolute atomic E-state index is 13.8. The number of rotatable bonds is 5. The van der Waals surface area contributed by atoms with Crippen LogP contribution in [0.3, 0.4) is 0 Å². The SMILES string of the molecule is COc1ccc(CN2CCC3(CCCn4cc(nn4)COc4ccccc4CNC3=O)CC2)cc1Cn1cccn1. The fourth-order valence-electron chi connectivity index (χ4n) is 6.01. The van der Waals surface area contributed by atoms with E-state index in [2.05, 4.69) is 37.8 Å². The summed E-state index contributed by atoms with van der Waals surface area (Å²) in [4.78, 5) is 16.3. The Hall–Kier alpha value is -4.18. The highest BCUT2D eigenvalue weighted by molar-refractivity contribution is 5.82. The lowest BCUT2D eigenvalue weighted by Gasteiger charge is -2.41. The third-order valence-corrected chi connectivity index (χ3v) is 8.35. The zero-order valence-electron chi connectivity index (χ0n) is 23.5. The van der Waals surface area contributed by atoms with Gasteiger partial charge >= 0.3 is 0 Å². The van der Waals surface area contributed by atoms with Crippen LogP contribution in [0.25, 0.3) is 0 Å². The molecule has 41 heavy (non-hydrogen) atoms. The first-order valence-electron chi connectivity index (χ1n) is 14.3. The number of para-hydroxylation sites is 1. The van der Waals surface area contributed by atoms with Gasteiger partial charge in [0, 0.05) is 43.2 Å². The molecule has 1 spiro atoms. The van der Waals surface area contributed by atoms with Gasteiger partial charge in [0.15, 0.2) is 0 Å². The van der Waals surface area contributed by atoms with Gasteiger partial charge in [-0.05, 0) is 68.6 Å². The molecule has 2 aliphatic heterocycles. The molecule has 0 saturated carbocycles. The van der Waals surface area contributed by atoms with Gasteiger partial charge in [-0.3, -0.25) is 19.1 Å². The molecule has 2 aromatic carbocycles. The zero-order chi connectivity index (χ0) is 28.1. The number of benzene rings is 2. The summed E-state index contributed by atoms with van der Waals surface area (Å²) in [5.41, 5.74) is 3.69. The van der Waals surface area contributed by atoms with Crippen molar-refractivity contribution in [2.75, 3.05) is 20.2 Å². The number of aryl methyl sites for hydroxylation is 1. The Morgan fingerprint density at radius 3 is 2.76 bits per heavy atom. The third kappa shape index (κ3) is 6.27. The highest BCUT2D eigenvalue weighted by Crippen LogP contribution is 2.38. The number of carbonyl (C=O) groups excluding carboxylic acids is 1. The lowest BCUT2D eigenvalue weighted by molar-refractivity contribution is -0.135. The van der Waals surface area contributed by atoms with Crippen LogP contribution in [0.1, 0.15) is 48.1 Å². The fraction of sp³-hybridized carbons (Fsp3) is 0.419. The molecule has 2 aromatic heterocycles. The van der Waals surface area contributed by atoms with Crippen LogP contribution in [0.4, 0.5) is 0 Å². The Labute approximate surface area is 240 Å². The number of methoxy groups -OCH3 is 1. The van der Waals surface area contributed by atoms with E-state index < -0.39 is 5.41 Å². The second kappa shape index (κ2) is 12.1. The summed E-state index contributed by atoms with van der Waals surface area (Å²) in [5.74, 6) is 1.76. The minimum Gasteiger partial charge on any atom is -0.496 e. The summed E-state index contributed by atoms with van der Waals surface area (Å²) in [6.45, 7) is 4.74. The van der Waals surface area contributed by atoms with Gasteiger partial charge in [0.2, 0.25) is 5.91 Å². The first-order chi connectivity index (χ1) is 20.1. The molecule has 0 aliphatic carbocycles. The van der Waals surface area contributed by atoms with Crippen molar-refractivity contribution in [3.8, 4) is 11.5 Å². The van der Waals surface area contributed by atoms with Crippen LogP contribution in [0.5, 0.6) is 11.5 Å². The van der Waals surface area contributed by atoms with Crippen LogP contribution in [0.2, 0.25) is 0 Å². The Balaban J connectivity index is 1.15. The van der Waals surface area contributed by atoms with Gasteiger partial charge in [0.1, 0.15) is 23.8 Å². The first-order valence-corrected chi connectivity index (χ1v) is 14.3. The summed E-state index contributed by atoms with van der Waals surface area (Å²) >= 11 is 0. The molecule has 214 valence electrons. The summed E-state index contributed by atoms with van der Waals surface area (Å²) in [6.07, 6.45) is 9.00. The summed E-state index contributed by atoms with van der Waals surface area (Å²) in [6, 6.07) is 16.2.